The zero-order valence-electron chi connectivity index (χ0n) is 12.4. The molecule has 1 aromatic carbocycles. The van der Waals surface area contributed by atoms with Crippen LogP contribution in [0.15, 0.2) is 12.1 Å². The van der Waals surface area contributed by atoms with Crippen molar-refractivity contribution in [3.8, 4) is 0 Å². The predicted octanol–water partition coefficient (Wildman–Crippen LogP) is 2.79. The van der Waals surface area contributed by atoms with E-state index in [1.807, 2.05) is 0 Å². The van der Waals surface area contributed by atoms with Crippen molar-refractivity contribution < 1.29 is 13.6 Å². The van der Waals surface area contributed by atoms with E-state index in [4.69, 9.17) is 5.73 Å². The summed E-state index contributed by atoms with van der Waals surface area (Å²) in [5.41, 5.74) is 6.73. The first kappa shape index (κ1) is 17.2. The molecule has 3 rings (SSSR count). The second-order valence-corrected chi connectivity index (χ2v) is 6.11. The van der Waals surface area contributed by atoms with Gasteiger partial charge >= 0.3 is 0 Å². The lowest BCUT2D eigenvalue weighted by Crippen LogP contribution is -2.39. The van der Waals surface area contributed by atoms with Crippen molar-refractivity contribution in [2.75, 3.05) is 6.54 Å². The smallest absolute Gasteiger partial charge is 0.223 e. The zero-order valence-corrected chi connectivity index (χ0v) is 13.2. The minimum atomic E-state index is -0.429. The molecular formula is C16H21ClF2N2O. The van der Waals surface area contributed by atoms with Gasteiger partial charge in [0.15, 0.2) is 0 Å². The molecule has 1 heterocycles. The summed E-state index contributed by atoms with van der Waals surface area (Å²) in [6, 6.07) is 2.39. The van der Waals surface area contributed by atoms with Crippen molar-refractivity contribution in [3.05, 3.63) is 34.9 Å². The Kier molecular flexibility index (Phi) is 5.40. The van der Waals surface area contributed by atoms with Gasteiger partial charge in [0.05, 0.1) is 0 Å². The van der Waals surface area contributed by atoms with Gasteiger partial charge in [-0.05, 0) is 42.9 Å². The number of amides is 1. The molecule has 2 aliphatic rings. The summed E-state index contributed by atoms with van der Waals surface area (Å²) in [5.74, 6) is -0.569. The highest BCUT2D eigenvalue weighted by molar-refractivity contribution is 5.85. The van der Waals surface area contributed by atoms with Gasteiger partial charge in [-0.25, -0.2) is 8.78 Å². The van der Waals surface area contributed by atoms with Crippen molar-refractivity contribution >= 4 is 18.3 Å². The number of halogens is 3. The molecule has 0 radical (unpaired) electrons. The first-order chi connectivity index (χ1) is 10.1. The highest BCUT2D eigenvalue weighted by Gasteiger charge is 2.30. The maximum atomic E-state index is 13.8. The number of benzene rings is 1. The molecule has 0 aromatic heterocycles. The number of fused-ring (bicyclic) bond motifs is 1. The highest BCUT2D eigenvalue weighted by atomic mass is 35.5. The lowest BCUT2D eigenvalue weighted by molar-refractivity contribution is -0.133. The van der Waals surface area contributed by atoms with Gasteiger partial charge < -0.3 is 10.6 Å². The monoisotopic (exact) mass is 330 g/mol. The third-order valence-electron chi connectivity index (χ3n) is 4.80. The average Bonchev–Trinajstić information content (AvgIpc) is 2.88. The Balaban J connectivity index is 0.00000176. The van der Waals surface area contributed by atoms with Gasteiger partial charge in [-0.2, -0.15) is 0 Å². The number of carbonyl (C=O) groups excluding carboxylic acids is 1. The molecule has 1 amide bonds. The van der Waals surface area contributed by atoms with E-state index in [-0.39, 0.29) is 42.6 Å². The first-order valence-corrected chi connectivity index (χ1v) is 7.55. The zero-order chi connectivity index (χ0) is 15.0. The fourth-order valence-corrected chi connectivity index (χ4v) is 3.48. The minimum absolute atomic E-state index is 0. The summed E-state index contributed by atoms with van der Waals surface area (Å²) in [5, 5.41) is 0. The van der Waals surface area contributed by atoms with Crippen molar-refractivity contribution in [1.29, 1.82) is 0 Å². The lowest BCUT2D eigenvalue weighted by Gasteiger charge is -2.30. The van der Waals surface area contributed by atoms with E-state index in [0.29, 0.717) is 30.5 Å². The van der Waals surface area contributed by atoms with Gasteiger partial charge in [-0.1, -0.05) is 6.42 Å². The van der Waals surface area contributed by atoms with Crippen LogP contribution in [-0.2, 0) is 17.8 Å². The summed E-state index contributed by atoms with van der Waals surface area (Å²) < 4.78 is 27.5. The number of hydrogen-bond acceptors (Lipinski definition) is 2. The fraction of sp³-hybridized carbons (Fsp3) is 0.562. The SMILES string of the molecule is Cl.N[C@@H]1CCC[C@H]1CC(=O)N1CCc2c(F)ccc(F)c2C1. The second-order valence-electron chi connectivity index (χ2n) is 6.11. The van der Waals surface area contributed by atoms with Gasteiger partial charge in [0.25, 0.3) is 0 Å². The van der Waals surface area contributed by atoms with Crippen LogP contribution in [0, 0.1) is 17.6 Å². The van der Waals surface area contributed by atoms with Crippen molar-refractivity contribution in [2.45, 2.75) is 44.7 Å². The fourth-order valence-electron chi connectivity index (χ4n) is 3.48. The lowest BCUT2D eigenvalue weighted by atomic mass is 9.96. The summed E-state index contributed by atoms with van der Waals surface area (Å²) in [4.78, 5) is 14.0. The molecule has 1 aliphatic heterocycles. The van der Waals surface area contributed by atoms with Crippen LogP contribution in [0.5, 0.6) is 0 Å². The molecule has 2 atom stereocenters. The molecule has 22 heavy (non-hydrogen) atoms. The number of hydrogen-bond donors (Lipinski definition) is 1. The Hall–Kier alpha value is -1.20. The predicted molar refractivity (Wildman–Crippen MR) is 82.7 cm³/mol. The third-order valence-corrected chi connectivity index (χ3v) is 4.80. The molecule has 6 heteroatoms. The van der Waals surface area contributed by atoms with E-state index in [9.17, 15) is 13.6 Å². The Morgan fingerprint density at radius 3 is 2.55 bits per heavy atom. The van der Waals surface area contributed by atoms with Crippen molar-refractivity contribution in [1.82, 2.24) is 4.90 Å². The molecule has 0 bridgehead atoms. The summed E-state index contributed by atoms with van der Waals surface area (Å²) in [6.07, 6.45) is 3.83. The Morgan fingerprint density at radius 1 is 1.23 bits per heavy atom. The molecular weight excluding hydrogens is 310 g/mol. The third kappa shape index (κ3) is 3.25. The van der Waals surface area contributed by atoms with E-state index in [1.54, 1.807) is 4.90 Å². The molecule has 2 N–H and O–H groups in total. The average molecular weight is 331 g/mol. The number of nitrogens with zero attached hydrogens (tertiary/aromatic N) is 1. The summed E-state index contributed by atoms with van der Waals surface area (Å²) >= 11 is 0. The quantitative estimate of drug-likeness (QED) is 0.906. The van der Waals surface area contributed by atoms with Gasteiger partial charge in [-0.3, -0.25) is 4.79 Å². The Bertz CT molecular complexity index is 567. The van der Waals surface area contributed by atoms with Crippen LogP contribution >= 0.6 is 12.4 Å². The van der Waals surface area contributed by atoms with Crippen LogP contribution in [0.2, 0.25) is 0 Å². The van der Waals surface area contributed by atoms with E-state index in [0.717, 1.165) is 31.4 Å². The van der Waals surface area contributed by atoms with E-state index in [1.165, 1.54) is 0 Å². The van der Waals surface area contributed by atoms with Gasteiger partial charge in [0.2, 0.25) is 5.91 Å². The Labute approximate surface area is 135 Å². The molecule has 1 aromatic rings. The molecule has 0 saturated heterocycles. The molecule has 1 fully saturated rings. The van der Waals surface area contributed by atoms with Crippen molar-refractivity contribution in [3.63, 3.8) is 0 Å². The normalized spacial score (nSPS) is 23.9. The largest absolute Gasteiger partial charge is 0.338 e. The maximum Gasteiger partial charge on any atom is 0.223 e. The number of carbonyl (C=O) groups is 1. The van der Waals surface area contributed by atoms with Crippen LogP contribution in [0.25, 0.3) is 0 Å². The summed E-state index contributed by atoms with van der Waals surface area (Å²) in [6.45, 7) is 0.619. The second kappa shape index (κ2) is 6.92. The highest BCUT2D eigenvalue weighted by Crippen LogP contribution is 2.29. The summed E-state index contributed by atoms with van der Waals surface area (Å²) in [7, 11) is 0. The molecule has 1 saturated carbocycles. The first-order valence-electron chi connectivity index (χ1n) is 7.55. The van der Waals surface area contributed by atoms with E-state index < -0.39 is 5.82 Å². The standard InChI is InChI=1S/C16H20F2N2O.ClH/c17-13-4-5-14(18)12-9-20(7-6-11(12)13)16(21)8-10-2-1-3-15(10)19;/h4-5,10,15H,1-3,6-9,19H2;1H/t10-,15+;/m0./s1. The van der Waals surface area contributed by atoms with Gasteiger partial charge in [0.1, 0.15) is 11.6 Å². The van der Waals surface area contributed by atoms with Crippen LogP contribution < -0.4 is 5.73 Å². The van der Waals surface area contributed by atoms with Gasteiger partial charge in [-0.15, -0.1) is 12.4 Å². The minimum Gasteiger partial charge on any atom is -0.338 e. The Morgan fingerprint density at radius 2 is 1.91 bits per heavy atom. The van der Waals surface area contributed by atoms with Crippen LogP contribution in [-0.4, -0.2) is 23.4 Å². The van der Waals surface area contributed by atoms with Crippen LogP contribution in [0.4, 0.5) is 8.78 Å². The maximum absolute atomic E-state index is 13.8. The molecule has 3 nitrogen and oxygen atoms in total. The van der Waals surface area contributed by atoms with Gasteiger partial charge in [0, 0.05) is 31.1 Å². The van der Waals surface area contributed by atoms with Crippen LogP contribution in [0.1, 0.15) is 36.8 Å². The molecule has 0 spiro atoms. The van der Waals surface area contributed by atoms with E-state index >= 15 is 0 Å². The number of nitrogens with two attached hydrogens (primary N) is 1. The topological polar surface area (TPSA) is 46.3 Å². The number of rotatable bonds is 2. The van der Waals surface area contributed by atoms with Crippen molar-refractivity contribution in [2.24, 2.45) is 11.7 Å². The van der Waals surface area contributed by atoms with E-state index in [2.05, 4.69) is 0 Å². The molecule has 122 valence electrons. The molecule has 1 aliphatic carbocycles. The molecule has 0 unspecified atom stereocenters. The van der Waals surface area contributed by atoms with Crippen LogP contribution in [0.3, 0.4) is 0 Å².